The minimum absolute atomic E-state index is 0.274. The van der Waals surface area contributed by atoms with Gasteiger partial charge in [-0.2, -0.15) is 4.37 Å². The minimum Gasteiger partial charge on any atom is -0.462 e. The second-order valence-corrected chi connectivity index (χ2v) is 5.66. The number of hydrogen-bond acceptors (Lipinski definition) is 5. The Labute approximate surface area is 126 Å². The van der Waals surface area contributed by atoms with Crippen LogP contribution in [0.2, 0.25) is 0 Å². The molecule has 0 radical (unpaired) electrons. The summed E-state index contributed by atoms with van der Waals surface area (Å²) in [6.07, 6.45) is 7.59. The fourth-order valence-electron chi connectivity index (χ4n) is 2.04. The number of anilines is 1. The smallest absolute Gasteiger partial charge is 0.343 e. The third kappa shape index (κ3) is 5.49. The van der Waals surface area contributed by atoms with Crippen LogP contribution in [-0.2, 0) is 4.74 Å². The highest BCUT2D eigenvalue weighted by Crippen LogP contribution is 2.25. The zero-order valence-electron chi connectivity index (χ0n) is 12.8. The average molecular weight is 298 g/mol. The van der Waals surface area contributed by atoms with Crippen molar-refractivity contribution in [3.8, 4) is 0 Å². The van der Waals surface area contributed by atoms with E-state index < -0.39 is 0 Å². The number of hydrogen-bond donors (Lipinski definition) is 1. The maximum atomic E-state index is 11.9. The quantitative estimate of drug-likeness (QED) is 0.514. The Balaban J connectivity index is 2.35. The van der Waals surface area contributed by atoms with Crippen molar-refractivity contribution in [1.82, 2.24) is 4.37 Å². The van der Waals surface area contributed by atoms with Crippen molar-refractivity contribution < 1.29 is 9.53 Å². The second kappa shape index (κ2) is 9.75. The lowest BCUT2D eigenvalue weighted by molar-refractivity contribution is 0.0527. The Kier molecular flexibility index (Phi) is 8.26. The summed E-state index contributed by atoms with van der Waals surface area (Å²) in [5.74, 6) is -0.274. The molecular formula is C15H26N2O2S. The molecule has 114 valence electrons. The Morgan fingerprint density at radius 2 is 1.90 bits per heavy atom. The van der Waals surface area contributed by atoms with Gasteiger partial charge in [0.2, 0.25) is 0 Å². The van der Waals surface area contributed by atoms with E-state index in [-0.39, 0.29) is 5.97 Å². The summed E-state index contributed by atoms with van der Waals surface area (Å²) in [6.45, 7) is 7.17. The number of unbranched alkanes of at least 4 members (excludes halogenated alkanes) is 5. The topological polar surface area (TPSA) is 51.2 Å². The van der Waals surface area contributed by atoms with E-state index in [2.05, 4.69) is 16.6 Å². The van der Waals surface area contributed by atoms with Crippen LogP contribution in [0.5, 0.6) is 0 Å². The van der Waals surface area contributed by atoms with Crippen molar-refractivity contribution in [2.24, 2.45) is 0 Å². The molecule has 0 unspecified atom stereocenters. The number of carbonyl (C=O) groups excluding carboxylic acids is 1. The number of ether oxygens (including phenoxy) is 1. The molecule has 0 amide bonds. The third-order valence-corrected chi connectivity index (χ3v) is 4.05. The van der Waals surface area contributed by atoms with Gasteiger partial charge >= 0.3 is 5.97 Å². The molecule has 4 nitrogen and oxygen atoms in total. The van der Waals surface area contributed by atoms with Gasteiger partial charge in [0.05, 0.1) is 12.3 Å². The summed E-state index contributed by atoms with van der Waals surface area (Å²) in [6, 6.07) is 0. The molecule has 0 atom stereocenters. The first kappa shape index (κ1) is 17.0. The zero-order valence-corrected chi connectivity index (χ0v) is 13.6. The molecule has 0 bridgehead atoms. The molecule has 1 aromatic rings. The number of esters is 1. The third-order valence-electron chi connectivity index (χ3n) is 3.16. The highest BCUT2D eigenvalue weighted by atomic mass is 32.1. The fraction of sp³-hybridized carbons (Fsp3) is 0.733. The monoisotopic (exact) mass is 298 g/mol. The lowest BCUT2D eigenvalue weighted by atomic mass is 10.1. The molecule has 1 rings (SSSR count). The standard InChI is InChI=1S/C15H26N2O2S/c1-4-6-7-8-9-10-11-16-14-13(12(3)17-20-14)15(18)19-5-2/h16H,4-11H2,1-3H3. The van der Waals surface area contributed by atoms with Gasteiger partial charge in [-0.3, -0.25) is 0 Å². The minimum atomic E-state index is -0.274. The molecular weight excluding hydrogens is 272 g/mol. The summed E-state index contributed by atoms with van der Waals surface area (Å²) in [4.78, 5) is 11.9. The number of aryl methyl sites for hydroxylation is 1. The van der Waals surface area contributed by atoms with Gasteiger partial charge in [-0.15, -0.1) is 0 Å². The van der Waals surface area contributed by atoms with Crippen molar-refractivity contribution in [2.75, 3.05) is 18.5 Å². The van der Waals surface area contributed by atoms with Crippen molar-refractivity contribution in [3.05, 3.63) is 11.3 Å². The first-order chi connectivity index (χ1) is 9.70. The number of aromatic nitrogens is 1. The van der Waals surface area contributed by atoms with E-state index in [0.29, 0.717) is 12.2 Å². The predicted molar refractivity (Wildman–Crippen MR) is 84.7 cm³/mol. The Morgan fingerprint density at radius 3 is 2.60 bits per heavy atom. The predicted octanol–water partition coefficient (Wildman–Crippen LogP) is 4.40. The van der Waals surface area contributed by atoms with Crippen LogP contribution in [0, 0.1) is 6.92 Å². The molecule has 1 N–H and O–H groups in total. The molecule has 0 spiro atoms. The molecule has 1 aromatic heterocycles. The summed E-state index contributed by atoms with van der Waals surface area (Å²) >= 11 is 1.34. The largest absolute Gasteiger partial charge is 0.462 e. The van der Waals surface area contributed by atoms with Crippen LogP contribution in [0.3, 0.4) is 0 Å². The SMILES string of the molecule is CCCCCCCCNc1snc(C)c1C(=O)OCC. The van der Waals surface area contributed by atoms with E-state index >= 15 is 0 Å². The van der Waals surface area contributed by atoms with E-state index in [1.165, 1.54) is 43.6 Å². The van der Waals surface area contributed by atoms with Crippen LogP contribution in [0.25, 0.3) is 0 Å². The number of nitrogens with one attached hydrogen (secondary N) is 1. The molecule has 5 heteroatoms. The lowest BCUT2D eigenvalue weighted by Crippen LogP contribution is -2.09. The first-order valence-electron chi connectivity index (χ1n) is 7.57. The van der Waals surface area contributed by atoms with E-state index in [4.69, 9.17) is 4.74 Å². The maximum Gasteiger partial charge on any atom is 0.343 e. The van der Waals surface area contributed by atoms with E-state index in [0.717, 1.165) is 23.7 Å². The Bertz CT molecular complexity index is 405. The van der Waals surface area contributed by atoms with Crippen LogP contribution in [-0.4, -0.2) is 23.5 Å². The Morgan fingerprint density at radius 1 is 1.20 bits per heavy atom. The molecule has 0 aliphatic rings. The Hall–Kier alpha value is -1.10. The maximum absolute atomic E-state index is 11.9. The van der Waals surface area contributed by atoms with Crippen molar-refractivity contribution in [3.63, 3.8) is 0 Å². The van der Waals surface area contributed by atoms with Crippen LogP contribution >= 0.6 is 11.5 Å². The van der Waals surface area contributed by atoms with E-state index in [1.54, 1.807) is 0 Å². The number of carbonyl (C=O) groups is 1. The van der Waals surface area contributed by atoms with Gasteiger partial charge in [-0.05, 0) is 31.8 Å². The molecule has 0 fully saturated rings. The molecule has 0 aliphatic heterocycles. The summed E-state index contributed by atoms with van der Waals surface area (Å²) in [5, 5.41) is 4.16. The summed E-state index contributed by atoms with van der Waals surface area (Å²) < 4.78 is 9.30. The fourth-order valence-corrected chi connectivity index (χ4v) is 2.85. The van der Waals surface area contributed by atoms with Crippen LogP contribution in [0.15, 0.2) is 0 Å². The zero-order chi connectivity index (χ0) is 14.8. The highest BCUT2D eigenvalue weighted by Gasteiger charge is 2.19. The van der Waals surface area contributed by atoms with Gasteiger partial charge in [0.25, 0.3) is 0 Å². The van der Waals surface area contributed by atoms with Gasteiger partial charge in [0.15, 0.2) is 0 Å². The number of nitrogens with zero attached hydrogens (tertiary/aromatic N) is 1. The second-order valence-electron chi connectivity index (χ2n) is 4.89. The number of rotatable bonds is 10. The van der Waals surface area contributed by atoms with Gasteiger partial charge in [0, 0.05) is 6.54 Å². The molecule has 0 aliphatic carbocycles. The van der Waals surface area contributed by atoms with Crippen molar-refractivity contribution >= 4 is 22.5 Å². The van der Waals surface area contributed by atoms with Gasteiger partial charge < -0.3 is 10.1 Å². The van der Waals surface area contributed by atoms with Crippen LogP contribution in [0.1, 0.15) is 68.4 Å². The van der Waals surface area contributed by atoms with E-state index in [9.17, 15) is 4.79 Å². The lowest BCUT2D eigenvalue weighted by Gasteiger charge is -2.07. The molecule has 0 aromatic carbocycles. The summed E-state index contributed by atoms with van der Waals surface area (Å²) in [7, 11) is 0. The highest BCUT2D eigenvalue weighted by molar-refractivity contribution is 7.10. The van der Waals surface area contributed by atoms with Crippen molar-refractivity contribution in [1.29, 1.82) is 0 Å². The molecule has 20 heavy (non-hydrogen) atoms. The molecule has 1 heterocycles. The normalized spacial score (nSPS) is 10.6. The van der Waals surface area contributed by atoms with Crippen LogP contribution < -0.4 is 5.32 Å². The van der Waals surface area contributed by atoms with Gasteiger partial charge in [-0.1, -0.05) is 39.0 Å². The molecule has 0 saturated heterocycles. The van der Waals surface area contributed by atoms with E-state index in [1.807, 2.05) is 13.8 Å². The van der Waals surface area contributed by atoms with Gasteiger partial charge in [-0.25, -0.2) is 4.79 Å². The first-order valence-corrected chi connectivity index (χ1v) is 8.35. The van der Waals surface area contributed by atoms with Gasteiger partial charge in [0.1, 0.15) is 10.6 Å². The summed E-state index contributed by atoms with van der Waals surface area (Å²) in [5.41, 5.74) is 1.35. The average Bonchev–Trinajstić information content (AvgIpc) is 2.79. The molecule has 0 saturated carbocycles. The van der Waals surface area contributed by atoms with Crippen molar-refractivity contribution in [2.45, 2.75) is 59.3 Å². The van der Waals surface area contributed by atoms with Crippen LogP contribution in [0.4, 0.5) is 5.00 Å².